The van der Waals surface area contributed by atoms with Crippen molar-refractivity contribution >= 4 is 23.5 Å². The number of ether oxygens (including phenoxy) is 1. The number of rotatable bonds is 7. The van der Waals surface area contributed by atoms with Crippen LogP contribution in [0, 0.1) is 5.92 Å². The minimum Gasteiger partial charge on any atom is -0.420 e. The van der Waals surface area contributed by atoms with Gasteiger partial charge in [0.1, 0.15) is 0 Å². The summed E-state index contributed by atoms with van der Waals surface area (Å²) < 4.78 is 6.98. The standard InChI is InChI=1S/C27H28ClN3O4/c1-4-30-16-21(14-22(18-9-6-5-7-10-18)19-11-8-12-20(28)13-19)31-24(26(30)33)25(23(32)15-29-31)35-27(34)17(2)3/h5-13,15,17,21-22H,4,14,16H2,1-3H3/t21-,22-/m0/s1. The molecule has 0 spiro atoms. The minimum absolute atomic E-state index is 0.0162. The summed E-state index contributed by atoms with van der Waals surface area (Å²) in [6, 6.07) is 17.5. The molecule has 2 heterocycles. The Balaban J connectivity index is 1.81. The van der Waals surface area contributed by atoms with Crippen molar-refractivity contribution in [3.63, 3.8) is 0 Å². The minimum atomic E-state index is -0.593. The molecule has 1 aliphatic rings. The summed E-state index contributed by atoms with van der Waals surface area (Å²) in [5.41, 5.74) is 1.56. The summed E-state index contributed by atoms with van der Waals surface area (Å²) in [4.78, 5) is 40.0. The highest BCUT2D eigenvalue weighted by atomic mass is 35.5. The van der Waals surface area contributed by atoms with E-state index in [9.17, 15) is 14.4 Å². The van der Waals surface area contributed by atoms with E-state index in [0.29, 0.717) is 24.5 Å². The summed E-state index contributed by atoms with van der Waals surface area (Å²) in [7, 11) is 0. The van der Waals surface area contributed by atoms with Crippen LogP contribution in [-0.2, 0) is 4.79 Å². The molecular weight excluding hydrogens is 466 g/mol. The molecule has 0 N–H and O–H groups in total. The number of hydrogen-bond acceptors (Lipinski definition) is 5. The van der Waals surface area contributed by atoms with Crippen LogP contribution in [0.1, 0.15) is 60.8 Å². The first-order chi connectivity index (χ1) is 16.8. The molecule has 0 fully saturated rings. The van der Waals surface area contributed by atoms with Gasteiger partial charge in [-0.15, -0.1) is 0 Å². The number of esters is 1. The Hall–Kier alpha value is -3.45. The lowest BCUT2D eigenvalue weighted by Crippen LogP contribution is -2.46. The molecule has 0 radical (unpaired) electrons. The van der Waals surface area contributed by atoms with E-state index in [-0.39, 0.29) is 29.3 Å². The largest absolute Gasteiger partial charge is 0.420 e. The van der Waals surface area contributed by atoms with Gasteiger partial charge in [-0.3, -0.25) is 19.1 Å². The predicted octanol–water partition coefficient (Wildman–Crippen LogP) is 4.70. The van der Waals surface area contributed by atoms with Crippen molar-refractivity contribution in [1.82, 2.24) is 14.7 Å². The van der Waals surface area contributed by atoms with Crippen molar-refractivity contribution in [3.05, 3.63) is 92.9 Å². The van der Waals surface area contributed by atoms with Gasteiger partial charge in [0, 0.05) is 24.0 Å². The number of amides is 1. The highest BCUT2D eigenvalue weighted by Gasteiger charge is 2.37. The first-order valence-corrected chi connectivity index (χ1v) is 12.1. The fraction of sp³-hybridized carbons (Fsp3) is 0.333. The van der Waals surface area contributed by atoms with Gasteiger partial charge in [0.15, 0.2) is 5.69 Å². The van der Waals surface area contributed by atoms with Crippen molar-refractivity contribution in [2.45, 2.75) is 39.2 Å². The lowest BCUT2D eigenvalue weighted by Gasteiger charge is -2.36. The zero-order chi connectivity index (χ0) is 25.1. The number of nitrogens with zero attached hydrogens (tertiary/aromatic N) is 3. The van der Waals surface area contributed by atoms with Crippen LogP contribution >= 0.6 is 11.6 Å². The van der Waals surface area contributed by atoms with E-state index < -0.39 is 17.3 Å². The number of fused-ring (bicyclic) bond motifs is 1. The van der Waals surface area contributed by atoms with Crippen LogP contribution in [0.5, 0.6) is 5.75 Å². The van der Waals surface area contributed by atoms with Crippen molar-refractivity contribution < 1.29 is 14.3 Å². The smallest absolute Gasteiger partial charge is 0.313 e. The quantitative estimate of drug-likeness (QED) is 0.446. The zero-order valence-corrected chi connectivity index (χ0v) is 20.7. The Morgan fingerprint density at radius 1 is 1.11 bits per heavy atom. The van der Waals surface area contributed by atoms with Crippen LogP contribution in [-0.4, -0.2) is 39.6 Å². The average Bonchev–Trinajstić information content (AvgIpc) is 2.85. The summed E-state index contributed by atoms with van der Waals surface area (Å²) in [5.74, 6) is -1.70. The van der Waals surface area contributed by atoms with Crippen LogP contribution < -0.4 is 10.2 Å². The van der Waals surface area contributed by atoms with Crippen molar-refractivity contribution in [2.75, 3.05) is 13.1 Å². The Morgan fingerprint density at radius 3 is 2.49 bits per heavy atom. The lowest BCUT2D eigenvalue weighted by molar-refractivity contribution is -0.137. The third kappa shape index (κ3) is 5.15. The normalized spacial score (nSPS) is 16.2. The third-order valence-electron chi connectivity index (χ3n) is 6.25. The Kier molecular flexibility index (Phi) is 7.36. The van der Waals surface area contributed by atoms with E-state index in [0.717, 1.165) is 17.3 Å². The maximum absolute atomic E-state index is 13.3. The van der Waals surface area contributed by atoms with Gasteiger partial charge in [0.05, 0.1) is 18.2 Å². The van der Waals surface area contributed by atoms with Gasteiger partial charge in [0.25, 0.3) is 5.91 Å². The molecule has 182 valence electrons. The molecule has 8 heteroatoms. The first kappa shape index (κ1) is 24.7. The number of carbonyl (C=O) groups excluding carboxylic acids is 2. The first-order valence-electron chi connectivity index (χ1n) is 11.7. The van der Waals surface area contributed by atoms with E-state index in [2.05, 4.69) is 17.2 Å². The van der Waals surface area contributed by atoms with Gasteiger partial charge in [-0.1, -0.05) is 67.9 Å². The van der Waals surface area contributed by atoms with Gasteiger partial charge in [-0.2, -0.15) is 5.10 Å². The summed E-state index contributed by atoms with van der Waals surface area (Å²) >= 11 is 6.32. The molecule has 35 heavy (non-hydrogen) atoms. The lowest BCUT2D eigenvalue weighted by atomic mass is 9.85. The van der Waals surface area contributed by atoms with Crippen molar-refractivity contribution in [1.29, 1.82) is 0 Å². The monoisotopic (exact) mass is 493 g/mol. The molecule has 0 saturated carbocycles. The van der Waals surface area contributed by atoms with Crippen LogP contribution in [0.25, 0.3) is 0 Å². The Morgan fingerprint density at radius 2 is 1.83 bits per heavy atom. The van der Waals surface area contributed by atoms with E-state index in [4.69, 9.17) is 16.3 Å². The highest BCUT2D eigenvalue weighted by Crippen LogP contribution is 2.37. The second-order valence-electron chi connectivity index (χ2n) is 8.96. The Bertz CT molecular complexity index is 1290. The number of aromatic nitrogens is 2. The topological polar surface area (TPSA) is 81.5 Å². The fourth-order valence-corrected chi connectivity index (χ4v) is 4.60. The van der Waals surface area contributed by atoms with Gasteiger partial charge < -0.3 is 9.64 Å². The predicted molar refractivity (Wildman–Crippen MR) is 134 cm³/mol. The van der Waals surface area contributed by atoms with Gasteiger partial charge >= 0.3 is 5.97 Å². The fourth-order valence-electron chi connectivity index (χ4n) is 4.40. The molecule has 1 amide bonds. The van der Waals surface area contributed by atoms with Crippen molar-refractivity contribution in [3.8, 4) is 5.75 Å². The number of halogens is 1. The maximum Gasteiger partial charge on any atom is 0.313 e. The summed E-state index contributed by atoms with van der Waals surface area (Å²) in [6.45, 7) is 6.09. The van der Waals surface area contributed by atoms with Gasteiger partial charge in [-0.25, -0.2) is 0 Å². The molecule has 1 aliphatic heterocycles. The molecule has 4 rings (SSSR count). The molecule has 0 bridgehead atoms. The molecule has 3 aromatic rings. The second kappa shape index (κ2) is 10.4. The highest BCUT2D eigenvalue weighted by molar-refractivity contribution is 6.30. The molecule has 0 unspecified atom stereocenters. The van der Waals surface area contributed by atoms with Crippen molar-refractivity contribution in [2.24, 2.45) is 5.92 Å². The van der Waals surface area contributed by atoms with Crippen LogP contribution in [0.15, 0.2) is 65.6 Å². The average molecular weight is 494 g/mol. The number of carbonyl (C=O) groups is 2. The summed E-state index contributed by atoms with van der Waals surface area (Å²) in [5, 5.41) is 4.97. The third-order valence-corrected chi connectivity index (χ3v) is 6.49. The van der Waals surface area contributed by atoms with Crippen LogP contribution in [0.3, 0.4) is 0 Å². The second-order valence-corrected chi connectivity index (χ2v) is 9.39. The zero-order valence-electron chi connectivity index (χ0n) is 20.0. The van der Waals surface area contributed by atoms with E-state index in [1.807, 2.05) is 49.4 Å². The number of likely N-dealkylation sites (N-methyl/N-ethyl adjacent to an activating group) is 1. The van der Waals surface area contributed by atoms with E-state index in [1.54, 1.807) is 23.4 Å². The van der Waals surface area contributed by atoms with Crippen LogP contribution in [0.2, 0.25) is 5.02 Å². The maximum atomic E-state index is 13.3. The van der Waals surface area contributed by atoms with E-state index in [1.165, 1.54) is 0 Å². The molecule has 7 nitrogen and oxygen atoms in total. The number of benzene rings is 2. The number of hydrogen-bond donors (Lipinski definition) is 0. The molecular formula is C27H28ClN3O4. The van der Waals surface area contributed by atoms with Crippen LogP contribution in [0.4, 0.5) is 0 Å². The summed E-state index contributed by atoms with van der Waals surface area (Å²) in [6.07, 6.45) is 1.71. The SMILES string of the molecule is CCN1C[C@H](C[C@@H](c2ccccc2)c2cccc(Cl)c2)n2ncc(=O)c(OC(=O)C(C)C)c2C1=O. The van der Waals surface area contributed by atoms with Gasteiger partial charge in [0.2, 0.25) is 11.2 Å². The van der Waals surface area contributed by atoms with E-state index >= 15 is 0 Å². The molecule has 0 aliphatic carbocycles. The molecule has 2 aromatic carbocycles. The Labute approximate surface area is 209 Å². The van der Waals surface area contributed by atoms with Gasteiger partial charge in [-0.05, 0) is 36.6 Å². The molecule has 1 aromatic heterocycles. The molecule has 0 saturated heterocycles. The molecule has 2 atom stereocenters.